The molecule has 0 spiro atoms. The first-order valence-electron chi connectivity index (χ1n) is 5.41. The number of halogens is 1. The van der Waals surface area contributed by atoms with E-state index in [1.807, 2.05) is 0 Å². The highest BCUT2D eigenvalue weighted by Crippen LogP contribution is 2.21. The van der Waals surface area contributed by atoms with Crippen LogP contribution in [0.2, 0.25) is 0 Å². The number of hydrogen-bond acceptors (Lipinski definition) is 1. The van der Waals surface area contributed by atoms with E-state index in [0.717, 1.165) is 18.4 Å². The average Bonchev–Trinajstić information content (AvgIpc) is 2.20. The molecule has 1 rings (SSSR count). The van der Waals surface area contributed by atoms with Crippen molar-refractivity contribution in [2.24, 2.45) is 0 Å². The van der Waals surface area contributed by atoms with E-state index in [1.165, 1.54) is 27.8 Å². The highest BCUT2D eigenvalue weighted by atomic mass is 79.9. The summed E-state index contributed by atoms with van der Waals surface area (Å²) in [6.07, 6.45) is 1.12. The number of nitrogens with one attached hydrogen (secondary N) is 1. The van der Waals surface area contributed by atoms with Gasteiger partial charge in [-0.1, -0.05) is 22.0 Å². The maximum absolute atomic E-state index is 3.38. The minimum Gasteiger partial charge on any atom is -0.307 e. The highest BCUT2D eigenvalue weighted by Gasteiger charge is 2.07. The van der Waals surface area contributed by atoms with E-state index in [-0.39, 0.29) is 0 Å². The molecule has 2 heteroatoms. The molecule has 0 unspecified atom stereocenters. The van der Waals surface area contributed by atoms with Crippen LogP contribution < -0.4 is 5.32 Å². The Balaban J connectivity index is 2.94. The van der Waals surface area contributed by atoms with Crippen molar-refractivity contribution < 1.29 is 0 Å². The summed E-state index contributed by atoms with van der Waals surface area (Å²) in [4.78, 5) is 0. The third kappa shape index (κ3) is 3.05. The lowest BCUT2D eigenvalue weighted by Crippen LogP contribution is -2.16. The Morgan fingerprint density at radius 1 is 1.07 bits per heavy atom. The molecular weight excluding hydrogens is 250 g/mol. The molecule has 0 saturated heterocycles. The monoisotopic (exact) mass is 269 g/mol. The van der Waals surface area contributed by atoms with Gasteiger partial charge < -0.3 is 5.32 Å². The number of hydrogen-bond donors (Lipinski definition) is 1. The maximum Gasteiger partial charge on any atom is 0.0517 e. The van der Waals surface area contributed by atoms with Gasteiger partial charge in [0.2, 0.25) is 0 Å². The first kappa shape index (κ1) is 12.7. The molecule has 1 nitrogen and oxygen atoms in total. The lowest BCUT2D eigenvalue weighted by Gasteiger charge is -2.15. The third-order valence-electron chi connectivity index (χ3n) is 3.17. The Hall–Kier alpha value is -0.340. The van der Waals surface area contributed by atoms with Gasteiger partial charge in [0.15, 0.2) is 0 Å². The lowest BCUT2D eigenvalue weighted by atomic mass is 9.92. The topological polar surface area (TPSA) is 12.0 Å². The van der Waals surface area contributed by atoms with Gasteiger partial charge in [0.1, 0.15) is 0 Å². The van der Waals surface area contributed by atoms with E-state index in [4.69, 9.17) is 0 Å². The summed E-state index contributed by atoms with van der Waals surface area (Å²) in [5.41, 5.74) is 8.11. The van der Waals surface area contributed by atoms with Crippen LogP contribution in [0.4, 0.5) is 0 Å². The second kappa shape index (κ2) is 5.66. The van der Waals surface area contributed by atoms with Crippen LogP contribution in [0.1, 0.15) is 27.8 Å². The van der Waals surface area contributed by atoms with Crippen LogP contribution in [-0.4, -0.2) is 12.0 Å². The molecule has 0 atom stereocenters. The molecule has 0 radical (unpaired) electrons. The van der Waals surface area contributed by atoms with Crippen molar-refractivity contribution in [3.63, 3.8) is 0 Å². The van der Waals surface area contributed by atoms with E-state index in [2.05, 4.69) is 55.0 Å². The molecular formula is C13H20BrN. The molecule has 1 aromatic rings. The number of alkyl halides is 1. The third-order valence-corrected chi connectivity index (χ3v) is 3.56. The van der Waals surface area contributed by atoms with E-state index in [0.29, 0.717) is 0 Å². The van der Waals surface area contributed by atoms with Gasteiger partial charge in [0, 0.05) is 0 Å². The summed E-state index contributed by atoms with van der Waals surface area (Å²) in [6, 6.07) is 2.28. The van der Waals surface area contributed by atoms with Crippen LogP contribution >= 0.6 is 15.9 Å². The molecule has 0 aliphatic rings. The lowest BCUT2D eigenvalue weighted by molar-refractivity contribution is 0.771. The zero-order chi connectivity index (χ0) is 11.4. The number of aryl methyl sites for hydroxylation is 2. The van der Waals surface area contributed by atoms with Gasteiger partial charge in [-0.05, 0) is 68.5 Å². The summed E-state index contributed by atoms with van der Waals surface area (Å²) < 4.78 is 0. The molecule has 1 N–H and O–H groups in total. The Kier molecular flexibility index (Phi) is 4.81. The van der Waals surface area contributed by atoms with E-state index >= 15 is 0 Å². The predicted octanol–water partition coefficient (Wildman–Crippen LogP) is 3.40. The Morgan fingerprint density at radius 2 is 1.60 bits per heavy atom. The fourth-order valence-electron chi connectivity index (χ4n) is 1.95. The highest BCUT2D eigenvalue weighted by molar-refractivity contribution is 9.09. The van der Waals surface area contributed by atoms with Gasteiger partial charge in [-0.15, -0.1) is 0 Å². The molecule has 0 aliphatic heterocycles. The van der Waals surface area contributed by atoms with Crippen molar-refractivity contribution >= 4 is 15.9 Å². The van der Waals surface area contributed by atoms with Crippen molar-refractivity contribution in [2.75, 3.05) is 12.0 Å². The summed E-state index contributed by atoms with van der Waals surface area (Å²) in [5.74, 6) is 0. The van der Waals surface area contributed by atoms with Crippen molar-refractivity contribution in [3.8, 4) is 0 Å². The smallest absolute Gasteiger partial charge is 0.0517 e. The standard InChI is InChI=1S/C13H20BrN/c1-9-7-10(2)12(4)13(11(9)3)5-6-15-8-14/h7,15H,5-6,8H2,1-4H3. The van der Waals surface area contributed by atoms with Gasteiger partial charge in [-0.25, -0.2) is 0 Å². The zero-order valence-electron chi connectivity index (χ0n) is 10.1. The molecule has 0 aliphatic carbocycles. The minimum atomic E-state index is 0.871. The van der Waals surface area contributed by atoms with Crippen LogP contribution in [0.3, 0.4) is 0 Å². The zero-order valence-corrected chi connectivity index (χ0v) is 11.7. The molecule has 0 fully saturated rings. The van der Waals surface area contributed by atoms with E-state index < -0.39 is 0 Å². The Morgan fingerprint density at radius 3 is 2.07 bits per heavy atom. The SMILES string of the molecule is Cc1cc(C)c(C)c(CCNCBr)c1C. The Bertz CT molecular complexity index is 319. The summed E-state index contributed by atoms with van der Waals surface area (Å²) >= 11 is 3.38. The predicted molar refractivity (Wildman–Crippen MR) is 70.9 cm³/mol. The van der Waals surface area contributed by atoms with Gasteiger partial charge in [0.25, 0.3) is 0 Å². The Labute approximate surface area is 101 Å². The fourth-order valence-corrected chi connectivity index (χ4v) is 2.23. The van der Waals surface area contributed by atoms with Crippen LogP contribution in [0, 0.1) is 27.7 Å². The van der Waals surface area contributed by atoms with Crippen molar-refractivity contribution in [2.45, 2.75) is 34.1 Å². The second-order valence-electron chi connectivity index (χ2n) is 4.12. The van der Waals surface area contributed by atoms with E-state index in [9.17, 15) is 0 Å². The second-order valence-corrected chi connectivity index (χ2v) is 4.68. The first-order valence-corrected chi connectivity index (χ1v) is 6.53. The molecule has 0 amide bonds. The molecule has 0 saturated carbocycles. The average molecular weight is 270 g/mol. The fraction of sp³-hybridized carbons (Fsp3) is 0.538. The summed E-state index contributed by atoms with van der Waals surface area (Å²) in [6.45, 7) is 9.89. The van der Waals surface area contributed by atoms with Gasteiger partial charge in [0.05, 0.1) is 5.45 Å². The van der Waals surface area contributed by atoms with E-state index in [1.54, 1.807) is 0 Å². The molecule has 1 aromatic carbocycles. The first-order chi connectivity index (χ1) is 7.07. The molecule has 84 valence electrons. The molecule has 0 heterocycles. The van der Waals surface area contributed by atoms with Crippen molar-refractivity contribution in [1.82, 2.24) is 5.32 Å². The van der Waals surface area contributed by atoms with Gasteiger partial charge in [-0.2, -0.15) is 0 Å². The van der Waals surface area contributed by atoms with Gasteiger partial charge in [-0.3, -0.25) is 0 Å². The summed E-state index contributed by atoms with van der Waals surface area (Å²) in [7, 11) is 0. The molecule has 0 bridgehead atoms. The normalized spacial score (nSPS) is 10.7. The molecule has 0 aromatic heterocycles. The quantitative estimate of drug-likeness (QED) is 0.502. The minimum absolute atomic E-state index is 0.871. The van der Waals surface area contributed by atoms with Crippen LogP contribution in [0.15, 0.2) is 6.07 Å². The number of benzene rings is 1. The van der Waals surface area contributed by atoms with Crippen LogP contribution in [-0.2, 0) is 6.42 Å². The maximum atomic E-state index is 3.38. The van der Waals surface area contributed by atoms with Crippen molar-refractivity contribution in [1.29, 1.82) is 0 Å². The van der Waals surface area contributed by atoms with Crippen LogP contribution in [0.5, 0.6) is 0 Å². The summed E-state index contributed by atoms with van der Waals surface area (Å²) in [5, 5.41) is 3.31. The number of rotatable bonds is 4. The molecule has 15 heavy (non-hydrogen) atoms. The largest absolute Gasteiger partial charge is 0.307 e. The van der Waals surface area contributed by atoms with Crippen LogP contribution in [0.25, 0.3) is 0 Å². The van der Waals surface area contributed by atoms with Gasteiger partial charge >= 0.3 is 0 Å². The van der Waals surface area contributed by atoms with Crippen molar-refractivity contribution in [3.05, 3.63) is 33.9 Å².